The third kappa shape index (κ3) is 3.21. The number of hydrazine groups is 1. The summed E-state index contributed by atoms with van der Waals surface area (Å²) in [6.45, 7) is 0.849. The fourth-order valence-electron chi connectivity index (χ4n) is 1.90. The molecule has 4 nitrogen and oxygen atoms in total. The molecule has 2 rings (SSSR count). The van der Waals surface area contributed by atoms with Gasteiger partial charge in [0.1, 0.15) is 0 Å². The smallest absolute Gasteiger partial charge is 0.262 e. The number of allylic oxidation sites excluding steroid dienone is 1. The first-order chi connectivity index (χ1) is 8.79. The van der Waals surface area contributed by atoms with Gasteiger partial charge in [0.25, 0.3) is 5.91 Å². The third-order valence-electron chi connectivity index (χ3n) is 2.88. The minimum Gasteiger partial charge on any atom is -0.354 e. The van der Waals surface area contributed by atoms with Crippen LogP contribution in [0, 0.1) is 0 Å². The van der Waals surface area contributed by atoms with Crippen LogP contribution in [0.4, 0.5) is 0 Å². The number of hydrogen-bond donors (Lipinski definition) is 2. The molecule has 1 amide bonds. The number of hydrogen-bond acceptors (Lipinski definition) is 3. The Labute approximate surface area is 107 Å². The normalized spacial score (nSPS) is 14.3. The molecule has 0 atom stereocenters. The van der Waals surface area contributed by atoms with E-state index in [2.05, 4.69) is 17.6 Å². The lowest BCUT2D eigenvalue weighted by Gasteiger charge is -2.20. The first-order valence-electron chi connectivity index (χ1n) is 5.97. The van der Waals surface area contributed by atoms with Crippen LogP contribution in [0.25, 0.3) is 0 Å². The first kappa shape index (κ1) is 12.4. The van der Waals surface area contributed by atoms with Crippen molar-refractivity contribution in [1.29, 1.82) is 0 Å². The molecule has 0 unspecified atom stereocenters. The molecule has 0 radical (unpaired) electrons. The van der Waals surface area contributed by atoms with Crippen molar-refractivity contribution >= 4 is 5.91 Å². The van der Waals surface area contributed by atoms with Gasteiger partial charge in [-0.25, -0.2) is 5.84 Å². The minimum absolute atomic E-state index is 0.218. The van der Waals surface area contributed by atoms with Gasteiger partial charge in [-0.15, -0.1) is 0 Å². The molecule has 1 heterocycles. The van der Waals surface area contributed by atoms with Crippen molar-refractivity contribution in [2.75, 3.05) is 6.54 Å². The Hall–Kier alpha value is -2.07. The highest BCUT2D eigenvalue weighted by Crippen LogP contribution is 2.12. The van der Waals surface area contributed by atoms with E-state index in [9.17, 15) is 4.79 Å². The Balaban J connectivity index is 1.93. The first-order valence-corrected chi connectivity index (χ1v) is 5.97. The number of carbonyl (C=O) groups excluding carboxylic acids is 1. The molecular weight excluding hydrogens is 226 g/mol. The van der Waals surface area contributed by atoms with Gasteiger partial charge in [-0.2, -0.15) is 0 Å². The van der Waals surface area contributed by atoms with Crippen molar-refractivity contribution in [3.05, 3.63) is 59.9 Å². The van der Waals surface area contributed by atoms with Crippen LogP contribution in [-0.2, 0) is 11.2 Å². The van der Waals surface area contributed by atoms with Crippen LogP contribution in [0.1, 0.15) is 12.0 Å². The summed E-state index contributed by atoms with van der Waals surface area (Å²) in [5.74, 6) is 4.91. The highest BCUT2D eigenvalue weighted by molar-refractivity contribution is 5.93. The van der Waals surface area contributed by atoms with Crippen LogP contribution in [0.2, 0.25) is 0 Å². The van der Waals surface area contributed by atoms with Crippen LogP contribution in [0.15, 0.2) is 54.4 Å². The van der Waals surface area contributed by atoms with Gasteiger partial charge in [-0.1, -0.05) is 36.4 Å². The van der Waals surface area contributed by atoms with E-state index in [0.717, 1.165) is 13.0 Å². The molecule has 1 aliphatic rings. The molecule has 94 valence electrons. The van der Waals surface area contributed by atoms with Gasteiger partial charge in [0.2, 0.25) is 0 Å². The van der Waals surface area contributed by atoms with E-state index in [1.165, 1.54) is 5.56 Å². The Bertz CT molecular complexity index is 465. The molecule has 0 aromatic heterocycles. The summed E-state index contributed by atoms with van der Waals surface area (Å²) in [7, 11) is 0. The van der Waals surface area contributed by atoms with E-state index in [1.807, 2.05) is 41.6 Å². The Morgan fingerprint density at radius 3 is 2.83 bits per heavy atom. The van der Waals surface area contributed by atoms with Crippen molar-refractivity contribution in [1.82, 2.24) is 10.3 Å². The SMILES string of the molecule is NNC(=O)C1=CN(CCc2ccccc2)C=CC1. The average molecular weight is 243 g/mol. The fourth-order valence-corrected chi connectivity index (χ4v) is 1.90. The average Bonchev–Trinajstić information content (AvgIpc) is 2.45. The maximum Gasteiger partial charge on any atom is 0.262 e. The standard InChI is InChI=1S/C14H17N3O/c15-16-14(18)13-7-4-9-17(11-13)10-8-12-5-2-1-3-6-12/h1-6,9,11H,7-8,10,15H2,(H,16,18). The summed E-state index contributed by atoms with van der Waals surface area (Å²) >= 11 is 0. The van der Waals surface area contributed by atoms with E-state index in [-0.39, 0.29) is 5.91 Å². The molecular formula is C14H17N3O. The number of nitrogens with two attached hydrogens (primary N) is 1. The van der Waals surface area contributed by atoms with Crippen molar-refractivity contribution < 1.29 is 4.79 Å². The summed E-state index contributed by atoms with van der Waals surface area (Å²) in [4.78, 5) is 13.4. The van der Waals surface area contributed by atoms with Crippen LogP contribution >= 0.6 is 0 Å². The van der Waals surface area contributed by atoms with Crippen LogP contribution < -0.4 is 11.3 Å². The highest BCUT2D eigenvalue weighted by Gasteiger charge is 2.11. The highest BCUT2D eigenvalue weighted by atomic mass is 16.2. The van der Waals surface area contributed by atoms with Gasteiger partial charge in [0.05, 0.1) is 0 Å². The van der Waals surface area contributed by atoms with E-state index in [1.54, 1.807) is 0 Å². The third-order valence-corrected chi connectivity index (χ3v) is 2.88. The Morgan fingerprint density at radius 1 is 1.33 bits per heavy atom. The van der Waals surface area contributed by atoms with Crippen molar-refractivity contribution in [3.63, 3.8) is 0 Å². The van der Waals surface area contributed by atoms with Gasteiger partial charge in [0, 0.05) is 18.3 Å². The summed E-state index contributed by atoms with van der Waals surface area (Å²) in [5, 5.41) is 0. The van der Waals surface area contributed by atoms with E-state index in [4.69, 9.17) is 5.84 Å². The summed E-state index contributed by atoms with van der Waals surface area (Å²) in [6.07, 6.45) is 7.39. The van der Waals surface area contributed by atoms with Gasteiger partial charge < -0.3 is 4.90 Å². The lowest BCUT2D eigenvalue weighted by atomic mass is 10.1. The van der Waals surface area contributed by atoms with Gasteiger partial charge in [-0.05, 0) is 24.6 Å². The number of amides is 1. The van der Waals surface area contributed by atoms with Crippen molar-refractivity contribution in [2.24, 2.45) is 5.84 Å². The second-order valence-electron chi connectivity index (χ2n) is 4.19. The quantitative estimate of drug-likeness (QED) is 0.476. The number of carbonyl (C=O) groups is 1. The topological polar surface area (TPSA) is 58.4 Å². The lowest BCUT2D eigenvalue weighted by molar-refractivity contribution is -0.117. The molecule has 3 N–H and O–H groups in total. The number of nitrogens with one attached hydrogen (secondary N) is 1. The molecule has 4 heteroatoms. The predicted molar refractivity (Wildman–Crippen MR) is 71.0 cm³/mol. The summed E-state index contributed by atoms with van der Waals surface area (Å²) in [6, 6.07) is 10.3. The number of nitrogens with zero attached hydrogens (tertiary/aromatic N) is 1. The number of benzene rings is 1. The molecule has 1 aliphatic heterocycles. The second-order valence-corrected chi connectivity index (χ2v) is 4.19. The van der Waals surface area contributed by atoms with E-state index < -0.39 is 0 Å². The molecule has 0 saturated carbocycles. The predicted octanol–water partition coefficient (Wildman–Crippen LogP) is 1.32. The van der Waals surface area contributed by atoms with E-state index in [0.29, 0.717) is 12.0 Å². The Morgan fingerprint density at radius 2 is 2.11 bits per heavy atom. The zero-order valence-corrected chi connectivity index (χ0v) is 10.2. The molecule has 0 spiro atoms. The number of rotatable bonds is 4. The van der Waals surface area contributed by atoms with Crippen molar-refractivity contribution in [3.8, 4) is 0 Å². The molecule has 0 saturated heterocycles. The van der Waals surface area contributed by atoms with Crippen LogP contribution in [0.3, 0.4) is 0 Å². The molecule has 0 aliphatic carbocycles. The van der Waals surface area contributed by atoms with Crippen molar-refractivity contribution in [2.45, 2.75) is 12.8 Å². The molecule has 0 bridgehead atoms. The lowest BCUT2D eigenvalue weighted by Crippen LogP contribution is -2.33. The van der Waals surface area contributed by atoms with Crippen LogP contribution in [-0.4, -0.2) is 17.4 Å². The van der Waals surface area contributed by atoms with Crippen LogP contribution in [0.5, 0.6) is 0 Å². The molecule has 18 heavy (non-hydrogen) atoms. The maximum atomic E-state index is 11.4. The second kappa shape index (κ2) is 6.02. The monoisotopic (exact) mass is 243 g/mol. The summed E-state index contributed by atoms with van der Waals surface area (Å²) in [5.41, 5.74) is 4.14. The van der Waals surface area contributed by atoms with E-state index >= 15 is 0 Å². The largest absolute Gasteiger partial charge is 0.354 e. The maximum absolute atomic E-state index is 11.4. The fraction of sp³-hybridized carbons (Fsp3) is 0.214. The zero-order chi connectivity index (χ0) is 12.8. The minimum atomic E-state index is -0.218. The Kier molecular flexibility index (Phi) is 4.15. The van der Waals surface area contributed by atoms with Gasteiger partial charge >= 0.3 is 0 Å². The molecule has 1 aromatic rings. The van der Waals surface area contributed by atoms with Gasteiger partial charge in [0.15, 0.2) is 0 Å². The van der Waals surface area contributed by atoms with Gasteiger partial charge in [-0.3, -0.25) is 10.2 Å². The summed E-state index contributed by atoms with van der Waals surface area (Å²) < 4.78 is 0. The molecule has 0 fully saturated rings. The molecule has 1 aromatic carbocycles. The zero-order valence-electron chi connectivity index (χ0n) is 10.2.